The molecule has 3 heteroatoms. The number of benzene rings is 1. The molecular weight excluding hydrogens is 176 g/mol. The van der Waals surface area contributed by atoms with Gasteiger partial charge in [0.15, 0.2) is 0 Å². The maximum absolute atomic E-state index is 11.6. The van der Waals surface area contributed by atoms with Gasteiger partial charge < -0.3 is 11.1 Å². The second-order valence-corrected chi connectivity index (χ2v) is 3.55. The van der Waals surface area contributed by atoms with Crippen LogP contribution in [-0.2, 0) is 0 Å². The topological polar surface area (TPSA) is 55.1 Å². The van der Waals surface area contributed by atoms with Crippen molar-refractivity contribution in [3.05, 3.63) is 29.3 Å². The molecule has 3 nitrogen and oxygen atoms in total. The number of nitrogens with one attached hydrogen (secondary N) is 1. The third-order valence-electron chi connectivity index (χ3n) is 2.21. The van der Waals surface area contributed by atoms with Crippen molar-refractivity contribution < 1.29 is 4.79 Å². The molecule has 0 aliphatic heterocycles. The average Bonchev–Trinajstić information content (AvgIpc) is 2.16. The summed E-state index contributed by atoms with van der Waals surface area (Å²) in [5.41, 5.74) is 7.90. The lowest BCUT2D eigenvalue weighted by molar-refractivity contribution is 0.0962. The summed E-state index contributed by atoms with van der Waals surface area (Å²) in [6.45, 7) is 4.09. The number of carbonyl (C=O) groups is 1. The fourth-order valence-corrected chi connectivity index (χ4v) is 1.46. The van der Waals surface area contributed by atoms with E-state index < -0.39 is 0 Å². The maximum Gasteiger partial charge on any atom is 0.253 e. The molecule has 0 aliphatic rings. The molecule has 0 unspecified atom stereocenters. The van der Waals surface area contributed by atoms with Gasteiger partial charge in [-0.2, -0.15) is 0 Å². The van der Waals surface area contributed by atoms with Crippen LogP contribution in [0.25, 0.3) is 0 Å². The van der Waals surface area contributed by atoms with Crippen molar-refractivity contribution in [2.45, 2.75) is 19.8 Å². The molecule has 0 heterocycles. The van der Waals surface area contributed by atoms with Gasteiger partial charge in [0.1, 0.15) is 0 Å². The Balaban J connectivity index is 3.29. The van der Waals surface area contributed by atoms with E-state index in [4.69, 9.17) is 5.73 Å². The minimum Gasteiger partial charge on any atom is -0.398 e. The van der Waals surface area contributed by atoms with Gasteiger partial charge in [0, 0.05) is 12.7 Å². The van der Waals surface area contributed by atoms with E-state index in [2.05, 4.69) is 5.32 Å². The predicted octanol–water partition coefficient (Wildman–Crippen LogP) is 1.75. The van der Waals surface area contributed by atoms with Crippen LogP contribution in [0.4, 0.5) is 5.69 Å². The Bertz CT molecular complexity index is 345. The zero-order chi connectivity index (χ0) is 10.7. The molecule has 0 saturated carbocycles. The number of anilines is 1. The number of hydrogen-bond acceptors (Lipinski definition) is 2. The summed E-state index contributed by atoms with van der Waals surface area (Å²) in [5, 5.41) is 2.60. The molecule has 0 saturated heterocycles. The molecule has 14 heavy (non-hydrogen) atoms. The summed E-state index contributed by atoms with van der Waals surface area (Å²) >= 11 is 0. The van der Waals surface area contributed by atoms with Gasteiger partial charge in [-0.15, -0.1) is 0 Å². The Morgan fingerprint density at radius 2 is 2.07 bits per heavy atom. The van der Waals surface area contributed by atoms with Crippen LogP contribution in [0, 0.1) is 0 Å². The van der Waals surface area contributed by atoms with Gasteiger partial charge in [0.2, 0.25) is 0 Å². The van der Waals surface area contributed by atoms with Crippen LogP contribution in [-0.4, -0.2) is 13.0 Å². The van der Waals surface area contributed by atoms with Gasteiger partial charge in [-0.1, -0.05) is 26.0 Å². The Kier molecular flexibility index (Phi) is 3.12. The van der Waals surface area contributed by atoms with Crippen LogP contribution < -0.4 is 11.1 Å². The molecule has 1 aromatic carbocycles. The minimum atomic E-state index is -0.119. The molecule has 0 aromatic heterocycles. The van der Waals surface area contributed by atoms with E-state index in [1.165, 1.54) is 0 Å². The highest BCUT2D eigenvalue weighted by molar-refractivity contribution is 6.00. The first-order chi connectivity index (χ1) is 6.57. The van der Waals surface area contributed by atoms with Gasteiger partial charge in [0.05, 0.1) is 5.56 Å². The molecule has 0 fully saturated rings. The summed E-state index contributed by atoms with van der Waals surface area (Å²) in [5.74, 6) is 0.178. The normalized spacial score (nSPS) is 10.3. The van der Waals surface area contributed by atoms with E-state index in [9.17, 15) is 4.79 Å². The fourth-order valence-electron chi connectivity index (χ4n) is 1.46. The van der Waals surface area contributed by atoms with Crippen molar-refractivity contribution in [1.82, 2.24) is 5.32 Å². The first-order valence-electron chi connectivity index (χ1n) is 4.68. The molecule has 0 atom stereocenters. The van der Waals surface area contributed by atoms with Crippen molar-refractivity contribution >= 4 is 11.6 Å². The third kappa shape index (κ3) is 1.87. The first-order valence-corrected chi connectivity index (χ1v) is 4.68. The van der Waals surface area contributed by atoms with E-state index in [1.807, 2.05) is 26.0 Å². The molecule has 3 N–H and O–H groups in total. The summed E-state index contributed by atoms with van der Waals surface area (Å²) in [4.78, 5) is 11.6. The monoisotopic (exact) mass is 192 g/mol. The van der Waals surface area contributed by atoms with Crippen molar-refractivity contribution in [3.8, 4) is 0 Å². The molecule has 0 aliphatic carbocycles. The molecule has 1 aromatic rings. The summed E-state index contributed by atoms with van der Waals surface area (Å²) < 4.78 is 0. The molecule has 0 spiro atoms. The predicted molar refractivity (Wildman–Crippen MR) is 58.3 cm³/mol. The second-order valence-electron chi connectivity index (χ2n) is 3.55. The number of rotatable bonds is 2. The fraction of sp³-hybridized carbons (Fsp3) is 0.364. The number of hydrogen-bond donors (Lipinski definition) is 2. The van der Waals surface area contributed by atoms with E-state index in [-0.39, 0.29) is 5.91 Å². The standard InChI is InChI=1S/C11H16N2O/c1-7(2)8-5-4-6-9(12)10(8)11(14)13-3/h4-7H,12H2,1-3H3,(H,13,14). The smallest absolute Gasteiger partial charge is 0.253 e. The van der Waals surface area contributed by atoms with Gasteiger partial charge in [-0.05, 0) is 17.5 Å². The van der Waals surface area contributed by atoms with Gasteiger partial charge >= 0.3 is 0 Å². The molecular formula is C11H16N2O. The summed E-state index contributed by atoms with van der Waals surface area (Å²) in [6.07, 6.45) is 0. The Hall–Kier alpha value is -1.51. The Morgan fingerprint density at radius 3 is 2.57 bits per heavy atom. The number of carbonyl (C=O) groups excluding carboxylic acids is 1. The summed E-state index contributed by atoms with van der Waals surface area (Å²) in [7, 11) is 1.61. The van der Waals surface area contributed by atoms with E-state index in [0.29, 0.717) is 17.2 Å². The number of nitrogen functional groups attached to an aromatic ring is 1. The van der Waals surface area contributed by atoms with Crippen LogP contribution in [0.15, 0.2) is 18.2 Å². The Morgan fingerprint density at radius 1 is 1.43 bits per heavy atom. The molecule has 1 amide bonds. The van der Waals surface area contributed by atoms with Gasteiger partial charge in [-0.25, -0.2) is 0 Å². The number of amides is 1. The molecule has 76 valence electrons. The van der Waals surface area contributed by atoms with Gasteiger partial charge in [0.25, 0.3) is 5.91 Å². The maximum atomic E-state index is 11.6. The van der Waals surface area contributed by atoms with Crippen molar-refractivity contribution in [2.24, 2.45) is 0 Å². The third-order valence-corrected chi connectivity index (χ3v) is 2.21. The lowest BCUT2D eigenvalue weighted by atomic mass is 9.95. The zero-order valence-electron chi connectivity index (χ0n) is 8.79. The van der Waals surface area contributed by atoms with Crippen molar-refractivity contribution in [3.63, 3.8) is 0 Å². The molecule has 1 rings (SSSR count). The van der Waals surface area contributed by atoms with E-state index in [0.717, 1.165) is 5.56 Å². The molecule has 0 bridgehead atoms. The van der Waals surface area contributed by atoms with Gasteiger partial charge in [-0.3, -0.25) is 4.79 Å². The van der Waals surface area contributed by atoms with Crippen molar-refractivity contribution in [2.75, 3.05) is 12.8 Å². The highest BCUT2D eigenvalue weighted by Gasteiger charge is 2.14. The minimum absolute atomic E-state index is 0.119. The molecule has 0 radical (unpaired) electrons. The zero-order valence-corrected chi connectivity index (χ0v) is 8.79. The quantitative estimate of drug-likeness (QED) is 0.701. The van der Waals surface area contributed by atoms with Crippen LogP contribution in [0.1, 0.15) is 35.7 Å². The summed E-state index contributed by atoms with van der Waals surface area (Å²) in [6, 6.07) is 5.55. The first kappa shape index (κ1) is 10.6. The van der Waals surface area contributed by atoms with Crippen LogP contribution >= 0.6 is 0 Å². The van der Waals surface area contributed by atoms with Crippen LogP contribution in [0.3, 0.4) is 0 Å². The lowest BCUT2D eigenvalue weighted by Gasteiger charge is -2.13. The van der Waals surface area contributed by atoms with Crippen LogP contribution in [0.5, 0.6) is 0 Å². The lowest BCUT2D eigenvalue weighted by Crippen LogP contribution is -2.21. The second kappa shape index (κ2) is 4.13. The largest absolute Gasteiger partial charge is 0.398 e. The van der Waals surface area contributed by atoms with E-state index in [1.54, 1.807) is 13.1 Å². The number of nitrogens with two attached hydrogens (primary N) is 1. The van der Waals surface area contributed by atoms with E-state index >= 15 is 0 Å². The SMILES string of the molecule is CNC(=O)c1c(N)cccc1C(C)C. The van der Waals surface area contributed by atoms with Crippen molar-refractivity contribution in [1.29, 1.82) is 0 Å². The highest BCUT2D eigenvalue weighted by atomic mass is 16.1. The average molecular weight is 192 g/mol. The highest BCUT2D eigenvalue weighted by Crippen LogP contribution is 2.23. The van der Waals surface area contributed by atoms with Crippen LogP contribution in [0.2, 0.25) is 0 Å². The Labute approximate surface area is 84.3 Å².